The molecule has 1 atom stereocenters. The first kappa shape index (κ1) is 13.1. The summed E-state index contributed by atoms with van der Waals surface area (Å²) in [6.07, 6.45) is 4.42. The number of nitrogens with one attached hydrogen (secondary N) is 2. The minimum absolute atomic E-state index is 0.0114. The Labute approximate surface area is 121 Å². The van der Waals surface area contributed by atoms with Crippen molar-refractivity contribution in [3.8, 4) is 5.69 Å². The second-order valence-electron chi connectivity index (χ2n) is 4.74. The molecule has 2 aromatic rings. The van der Waals surface area contributed by atoms with E-state index >= 15 is 0 Å². The molecule has 1 amide bonds. The fourth-order valence-electron chi connectivity index (χ4n) is 2.24. The fourth-order valence-corrected chi connectivity index (χ4v) is 2.48. The van der Waals surface area contributed by atoms with Gasteiger partial charge in [0.05, 0.1) is 12.5 Å². The Morgan fingerprint density at radius 2 is 2.40 bits per heavy atom. The highest BCUT2D eigenvalue weighted by Gasteiger charge is 2.23. The maximum atomic E-state index is 12.1. The predicted octanol–water partition coefficient (Wildman–Crippen LogP) is 2.51. The van der Waals surface area contributed by atoms with Crippen molar-refractivity contribution < 1.29 is 9.53 Å². The van der Waals surface area contributed by atoms with E-state index in [4.69, 9.17) is 17.0 Å². The highest BCUT2D eigenvalue weighted by atomic mass is 32.1. The number of amides is 1. The van der Waals surface area contributed by atoms with Crippen LogP contribution in [0, 0.1) is 10.7 Å². The lowest BCUT2D eigenvalue weighted by atomic mass is 10.1. The summed E-state index contributed by atoms with van der Waals surface area (Å²) in [6, 6.07) is 7.60. The number of H-pyrrole nitrogens is 1. The second-order valence-corrected chi connectivity index (χ2v) is 5.12. The van der Waals surface area contributed by atoms with E-state index < -0.39 is 0 Å². The van der Waals surface area contributed by atoms with Gasteiger partial charge in [-0.1, -0.05) is 6.07 Å². The Morgan fingerprint density at radius 3 is 3.10 bits per heavy atom. The molecule has 6 heteroatoms. The molecule has 1 fully saturated rings. The van der Waals surface area contributed by atoms with Crippen LogP contribution >= 0.6 is 12.2 Å². The predicted molar refractivity (Wildman–Crippen MR) is 78.5 cm³/mol. The van der Waals surface area contributed by atoms with Crippen LogP contribution in [0.15, 0.2) is 36.7 Å². The van der Waals surface area contributed by atoms with Crippen molar-refractivity contribution in [2.24, 2.45) is 5.92 Å². The van der Waals surface area contributed by atoms with Gasteiger partial charge in [0.2, 0.25) is 5.91 Å². The van der Waals surface area contributed by atoms with Gasteiger partial charge in [0.15, 0.2) is 4.77 Å². The maximum Gasteiger partial charge on any atom is 0.229 e. The smallest absolute Gasteiger partial charge is 0.229 e. The molecule has 2 heterocycles. The third-order valence-electron chi connectivity index (χ3n) is 3.34. The van der Waals surface area contributed by atoms with E-state index in [9.17, 15) is 4.79 Å². The molecule has 20 heavy (non-hydrogen) atoms. The first-order valence-electron chi connectivity index (χ1n) is 6.49. The minimum atomic E-state index is -0.0481. The highest BCUT2D eigenvalue weighted by Crippen LogP contribution is 2.18. The number of aromatic amines is 1. The molecule has 0 spiro atoms. The third-order valence-corrected chi connectivity index (χ3v) is 3.66. The average molecular weight is 289 g/mol. The first-order valence-corrected chi connectivity index (χ1v) is 6.90. The molecule has 104 valence electrons. The monoisotopic (exact) mass is 289 g/mol. The van der Waals surface area contributed by atoms with Gasteiger partial charge in [-0.3, -0.25) is 9.36 Å². The first-order chi connectivity index (χ1) is 9.74. The van der Waals surface area contributed by atoms with Gasteiger partial charge in [0.1, 0.15) is 0 Å². The summed E-state index contributed by atoms with van der Waals surface area (Å²) < 4.78 is 7.71. The number of carbonyl (C=O) groups is 1. The summed E-state index contributed by atoms with van der Waals surface area (Å²) in [7, 11) is 0. The molecule has 0 radical (unpaired) electrons. The Kier molecular flexibility index (Phi) is 3.66. The molecule has 0 saturated carbocycles. The Morgan fingerprint density at radius 1 is 1.50 bits per heavy atom. The van der Waals surface area contributed by atoms with Gasteiger partial charge in [-0.15, -0.1) is 0 Å². The van der Waals surface area contributed by atoms with Crippen LogP contribution in [0.5, 0.6) is 0 Å². The zero-order valence-electron chi connectivity index (χ0n) is 10.8. The number of rotatable bonds is 3. The molecule has 1 aliphatic rings. The molecule has 1 aliphatic heterocycles. The van der Waals surface area contributed by atoms with Crippen LogP contribution in [0.3, 0.4) is 0 Å². The Balaban J connectivity index is 1.79. The van der Waals surface area contributed by atoms with Crippen LogP contribution in [0.4, 0.5) is 5.69 Å². The number of aromatic nitrogens is 2. The summed E-state index contributed by atoms with van der Waals surface area (Å²) >= 11 is 5.19. The SMILES string of the molecule is O=C(Nc1cccc(-n2cc[nH]c2=S)c1)[C@@H]1CCOC1. The van der Waals surface area contributed by atoms with Crippen molar-refractivity contribution >= 4 is 23.8 Å². The van der Waals surface area contributed by atoms with Crippen molar-refractivity contribution in [3.05, 3.63) is 41.4 Å². The van der Waals surface area contributed by atoms with Gasteiger partial charge in [-0.25, -0.2) is 0 Å². The summed E-state index contributed by atoms with van der Waals surface area (Å²) in [4.78, 5) is 15.0. The summed E-state index contributed by atoms with van der Waals surface area (Å²) in [5, 5.41) is 2.93. The minimum Gasteiger partial charge on any atom is -0.381 e. The zero-order valence-corrected chi connectivity index (χ0v) is 11.7. The second kappa shape index (κ2) is 5.60. The number of hydrogen-bond donors (Lipinski definition) is 2. The van der Waals surface area contributed by atoms with Gasteiger partial charge in [-0.05, 0) is 36.8 Å². The molecule has 1 aromatic heterocycles. The van der Waals surface area contributed by atoms with E-state index in [0.717, 1.165) is 17.8 Å². The summed E-state index contributed by atoms with van der Waals surface area (Å²) in [5.74, 6) is -0.0367. The van der Waals surface area contributed by atoms with Crippen molar-refractivity contribution in [1.82, 2.24) is 9.55 Å². The largest absolute Gasteiger partial charge is 0.381 e. The highest BCUT2D eigenvalue weighted by molar-refractivity contribution is 7.71. The maximum absolute atomic E-state index is 12.1. The number of nitrogens with zero attached hydrogens (tertiary/aromatic N) is 1. The van der Waals surface area contributed by atoms with Crippen molar-refractivity contribution in [1.29, 1.82) is 0 Å². The van der Waals surface area contributed by atoms with Gasteiger partial charge < -0.3 is 15.0 Å². The molecular weight excluding hydrogens is 274 g/mol. The number of anilines is 1. The van der Waals surface area contributed by atoms with E-state index in [0.29, 0.717) is 18.0 Å². The number of carbonyl (C=O) groups excluding carboxylic acids is 1. The lowest BCUT2D eigenvalue weighted by Gasteiger charge is -2.11. The summed E-state index contributed by atoms with van der Waals surface area (Å²) in [5.41, 5.74) is 1.68. The van der Waals surface area contributed by atoms with Gasteiger partial charge in [0, 0.05) is 30.4 Å². The number of imidazole rings is 1. The van der Waals surface area contributed by atoms with E-state index in [-0.39, 0.29) is 11.8 Å². The van der Waals surface area contributed by atoms with Crippen molar-refractivity contribution in [2.75, 3.05) is 18.5 Å². The standard InChI is InChI=1S/C14H15N3O2S/c18-13(10-4-7-19-9-10)16-11-2-1-3-12(8-11)17-6-5-15-14(17)20/h1-3,5-6,8,10H,4,7,9H2,(H,15,20)(H,16,18)/t10-/m1/s1. The Hall–Kier alpha value is -1.92. The molecular formula is C14H15N3O2S. The fraction of sp³-hybridized carbons (Fsp3) is 0.286. The van der Waals surface area contributed by atoms with Crippen LogP contribution in [0.2, 0.25) is 0 Å². The van der Waals surface area contributed by atoms with Gasteiger partial charge >= 0.3 is 0 Å². The van der Waals surface area contributed by atoms with E-state index in [2.05, 4.69) is 10.3 Å². The zero-order chi connectivity index (χ0) is 13.9. The molecule has 1 saturated heterocycles. The molecule has 5 nitrogen and oxygen atoms in total. The van der Waals surface area contributed by atoms with Crippen LogP contribution in [0.1, 0.15) is 6.42 Å². The van der Waals surface area contributed by atoms with Crippen molar-refractivity contribution in [3.63, 3.8) is 0 Å². The van der Waals surface area contributed by atoms with E-state index in [1.807, 2.05) is 35.0 Å². The Bertz CT molecular complexity index is 671. The normalized spacial score (nSPS) is 18.1. The molecule has 0 unspecified atom stereocenters. The molecule has 0 aliphatic carbocycles. The number of benzene rings is 1. The topological polar surface area (TPSA) is 59.0 Å². The molecule has 1 aromatic carbocycles. The van der Waals surface area contributed by atoms with Gasteiger partial charge in [-0.2, -0.15) is 0 Å². The average Bonchev–Trinajstić information content (AvgIpc) is 3.10. The molecule has 0 bridgehead atoms. The van der Waals surface area contributed by atoms with Crippen LogP contribution in [-0.4, -0.2) is 28.7 Å². The van der Waals surface area contributed by atoms with E-state index in [1.54, 1.807) is 6.20 Å². The van der Waals surface area contributed by atoms with Crippen LogP contribution < -0.4 is 5.32 Å². The quantitative estimate of drug-likeness (QED) is 0.854. The molecule has 2 N–H and O–H groups in total. The molecule has 3 rings (SSSR count). The number of hydrogen-bond acceptors (Lipinski definition) is 3. The number of ether oxygens (including phenoxy) is 1. The lowest BCUT2D eigenvalue weighted by molar-refractivity contribution is -0.119. The van der Waals surface area contributed by atoms with Crippen molar-refractivity contribution in [2.45, 2.75) is 6.42 Å². The lowest BCUT2D eigenvalue weighted by Crippen LogP contribution is -2.22. The third kappa shape index (κ3) is 2.66. The van der Waals surface area contributed by atoms with Gasteiger partial charge in [0.25, 0.3) is 0 Å². The summed E-state index contributed by atoms with van der Waals surface area (Å²) in [6.45, 7) is 1.17. The van der Waals surface area contributed by atoms with Crippen LogP contribution in [0.25, 0.3) is 5.69 Å². The van der Waals surface area contributed by atoms with E-state index in [1.165, 1.54) is 0 Å². The van der Waals surface area contributed by atoms with Crippen LogP contribution in [-0.2, 0) is 9.53 Å².